The number of hydrogen-bond donors (Lipinski definition) is 1. The number of nitrogens with zero attached hydrogens (tertiary/aromatic N) is 1. The summed E-state index contributed by atoms with van der Waals surface area (Å²) in [6, 6.07) is 8.57. The minimum atomic E-state index is 0.221. The third-order valence-electron chi connectivity index (χ3n) is 3.75. The standard InChI is InChI=1S/C15H24N2O/c1-15(2)12-16-8-9-17(15)10-13-6-4-5-7-14(13)11-18-3/h4-7,16H,8-12H2,1-3H3. The van der Waals surface area contributed by atoms with Gasteiger partial charge in [-0.15, -0.1) is 0 Å². The van der Waals surface area contributed by atoms with Gasteiger partial charge in [-0.05, 0) is 25.0 Å². The summed E-state index contributed by atoms with van der Waals surface area (Å²) in [5.41, 5.74) is 2.90. The molecule has 1 aromatic rings. The van der Waals surface area contributed by atoms with Crippen molar-refractivity contribution in [3.63, 3.8) is 0 Å². The normalized spacial score (nSPS) is 19.9. The lowest BCUT2D eigenvalue weighted by molar-refractivity contribution is 0.0816. The first-order valence-electron chi connectivity index (χ1n) is 6.65. The fraction of sp³-hybridized carbons (Fsp3) is 0.600. The van der Waals surface area contributed by atoms with Crippen molar-refractivity contribution < 1.29 is 4.74 Å². The highest BCUT2D eigenvalue weighted by atomic mass is 16.5. The lowest BCUT2D eigenvalue weighted by Crippen LogP contribution is -2.57. The van der Waals surface area contributed by atoms with Crippen LogP contribution in [0, 0.1) is 0 Å². The smallest absolute Gasteiger partial charge is 0.0716 e. The monoisotopic (exact) mass is 248 g/mol. The molecule has 0 bridgehead atoms. The molecule has 3 heteroatoms. The number of piperazine rings is 1. The number of hydrogen-bond acceptors (Lipinski definition) is 3. The highest BCUT2D eigenvalue weighted by Gasteiger charge is 2.29. The van der Waals surface area contributed by atoms with Crippen LogP contribution in [0.15, 0.2) is 24.3 Å². The van der Waals surface area contributed by atoms with Crippen LogP contribution in [0.3, 0.4) is 0 Å². The number of nitrogens with one attached hydrogen (secondary N) is 1. The molecule has 18 heavy (non-hydrogen) atoms. The zero-order valence-corrected chi connectivity index (χ0v) is 11.7. The van der Waals surface area contributed by atoms with Crippen molar-refractivity contribution in [1.29, 1.82) is 0 Å². The molecule has 0 saturated carbocycles. The van der Waals surface area contributed by atoms with Crippen LogP contribution in [0.1, 0.15) is 25.0 Å². The van der Waals surface area contributed by atoms with E-state index in [0.717, 1.165) is 26.2 Å². The molecular weight excluding hydrogens is 224 g/mol. The Morgan fingerprint density at radius 1 is 1.28 bits per heavy atom. The van der Waals surface area contributed by atoms with Crippen LogP contribution in [-0.4, -0.2) is 37.2 Å². The maximum absolute atomic E-state index is 5.28. The van der Waals surface area contributed by atoms with Gasteiger partial charge in [-0.3, -0.25) is 4.90 Å². The molecule has 0 atom stereocenters. The van der Waals surface area contributed by atoms with Crippen molar-refractivity contribution in [3.8, 4) is 0 Å². The molecule has 0 spiro atoms. The van der Waals surface area contributed by atoms with Crippen LogP contribution in [0.2, 0.25) is 0 Å². The van der Waals surface area contributed by atoms with E-state index in [1.165, 1.54) is 11.1 Å². The summed E-state index contributed by atoms with van der Waals surface area (Å²) in [6.45, 7) is 9.55. The fourth-order valence-corrected chi connectivity index (χ4v) is 2.53. The van der Waals surface area contributed by atoms with Gasteiger partial charge in [0, 0.05) is 38.8 Å². The van der Waals surface area contributed by atoms with Crippen molar-refractivity contribution in [3.05, 3.63) is 35.4 Å². The Hall–Kier alpha value is -0.900. The largest absolute Gasteiger partial charge is 0.380 e. The highest BCUT2D eigenvalue weighted by Crippen LogP contribution is 2.21. The van der Waals surface area contributed by atoms with Crippen molar-refractivity contribution in [2.45, 2.75) is 32.5 Å². The minimum absolute atomic E-state index is 0.221. The zero-order chi connectivity index (χ0) is 13.0. The van der Waals surface area contributed by atoms with E-state index in [1.807, 2.05) is 0 Å². The Labute approximate surface area is 110 Å². The van der Waals surface area contributed by atoms with Gasteiger partial charge in [-0.25, -0.2) is 0 Å². The molecule has 2 rings (SSSR count). The molecular formula is C15H24N2O. The van der Waals surface area contributed by atoms with E-state index in [2.05, 4.69) is 48.3 Å². The Bertz CT molecular complexity index is 390. The summed E-state index contributed by atoms with van der Waals surface area (Å²) in [6.07, 6.45) is 0. The molecule has 100 valence electrons. The zero-order valence-electron chi connectivity index (χ0n) is 11.7. The van der Waals surface area contributed by atoms with E-state index in [4.69, 9.17) is 4.74 Å². The summed E-state index contributed by atoms with van der Waals surface area (Å²) < 4.78 is 5.28. The predicted molar refractivity (Wildman–Crippen MR) is 74.5 cm³/mol. The average Bonchev–Trinajstić information content (AvgIpc) is 2.34. The molecule has 0 unspecified atom stereocenters. The first-order chi connectivity index (χ1) is 8.63. The number of rotatable bonds is 4. The Kier molecular flexibility index (Phi) is 4.38. The second-order valence-corrected chi connectivity index (χ2v) is 5.61. The van der Waals surface area contributed by atoms with Crippen molar-refractivity contribution in [2.24, 2.45) is 0 Å². The Morgan fingerprint density at radius 2 is 2.00 bits per heavy atom. The third-order valence-corrected chi connectivity index (χ3v) is 3.75. The molecule has 1 aliphatic rings. The second-order valence-electron chi connectivity index (χ2n) is 5.61. The van der Waals surface area contributed by atoms with E-state index >= 15 is 0 Å². The van der Waals surface area contributed by atoms with E-state index in [0.29, 0.717) is 6.61 Å². The van der Waals surface area contributed by atoms with Gasteiger partial charge in [-0.2, -0.15) is 0 Å². The molecule has 0 aliphatic carbocycles. The highest BCUT2D eigenvalue weighted by molar-refractivity contribution is 5.26. The summed E-state index contributed by atoms with van der Waals surface area (Å²) >= 11 is 0. The first-order valence-corrected chi connectivity index (χ1v) is 6.65. The van der Waals surface area contributed by atoms with Crippen LogP contribution >= 0.6 is 0 Å². The Balaban J connectivity index is 2.12. The minimum Gasteiger partial charge on any atom is -0.380 e. The molecule has 0 amide bonds. The van der Waals surface area contributed by atoms with Crippen LogP contribution in [0.4, 0.5) is 0 Å². The van der Waals surface area contributed by atoms with Crippen molar-refractivity contribution in [2.75, 3.05) is 26.7 Å². The van der Waals surface area contributed by atoms with Crippen LogP contribution in [0.5, 0.6) is 0 Å². The second kappa shape index (κ2) is 5.83. The van der Waals surface area contributed by atoms with Gasteiger partial charge < -0.3 is 10.1 Å². The summed E-state index contributed by atoms with van der Waals surface area (Å²) in [5.74, 6) is 0. The van der Waals surface area contributed by atoms with Crippen LogP contribution in [0.25, 0.3) is 0 Å². The lowest BCUT2D eigenvalue weighted by atomic mass is 9.98. The van der Waals surface area contributed by atoms with E-state index in [-0.39, 0.29) is 5.54 Å². The van der Waals surface area contributed by atoms with Crippen LogP contribution in [-0.2, 0) is 17.9 Å². The molecule has 1 aromatic carbocycles. The summed E-state index contributed by atoms with van der Waals surface area (Å²) in [7, 11) is 1.76. The van der Waals surface area contributed by atoms with Gasteiger partial charge in [0.25, 0.3) is 0 Å². The topological polar surface area (TPSA) is 24.5 Å². The van der Waals surface area contributed by atoms with Crippen LogP contribution < -0.4 is 5.32 Å². The van der Waals surface area contributed by atoms with Gasteiger partial charge in [0.2, 0.25) is 0 Å². The molecule has 0 aromatic heterocycles. The fourth-order valence-electron chi connectivity index (χ4n) is 2.53. The molecule has 1 N–H and O–H groups in total. The Morgan fingerprint density at radius 3 is 2.67 bits per heavy atom. The predicted octanol–water partition coefficient (Wildman–Crippen LogP) is 2.02. The van der Waals surface area contributed by atoms with E-state index in [9.17, 15) is 0 Å². The van der Waals surface area contributed by atoms with Crippen molar-refractivity contribution in [1.82, 2.24) is 10.2 Å². The van der Waals surface area contributed by atoms with E-state index in [1.54, 1.807) is 7.11 Å². The first kappa shape index (κ1) is 13.5. The molecule has 1 aliphatic heterocycles. The maximum atomic E-state index is 5.28. The quantitative estimate of drug-likeness (QED) is 0.882. The number of benzene rings is 1. The van der Waals surface area contributed by atoms with Gasteiger partial charge in [0.1, 0.15) is 0 Å². The lowest BCUT2D eigenvalue weighted by Gasteiger charge is -2.43. The maximum Gasteiger partial charge on any atom is 0.0716 e. The number of ether oxygens (including phenoxy) is 1. The molecule has 1 saturated heterocycles. The third kappa shape index (κ3) is 3.10. The molecule has 3 nitrogen and oxygen atoms in total. The summed E-state index contributed by atoms with van der Waals surface area (Å²) in [5, 5.41) is 3.46. The molecule has 1 fully saturated rings. The average molecular weight is 248 g/mol. The molecule has 1 heterocycles. The van der Waals surface area contributed by atoms with Gasteiger partial charge in [0.15, 0.2) is 0 Å². The molecule has 0 radical (unpaired) electrons. The van der Waals surface area contributed by atoms with Gasteiger partial charge in [-0.1, -0.05) is 24.3 Å². The van der Waals surface area contributed by atoms with Crippen molar-refractivity contribution >= 4 is 0 Å². The number of methoxy groups -OCH3 is 1. The van der Waals surface area contributed by atoms with Gasteiger partial charge in [0.05, 0.1) is 6.61 Å². The van der Waals surface area contributed by atoms with E-state index < -0.39 is 0 Å². The summed E-state index contributed by atoms with van der Waals surface area (Å²) in [4.78, 5) is 2.55. The van der Waals surface area contributed by atoms with Gasteiger partial charge >= 0.3 is 0 Å². The SMILES string of the molecule is COCc1ccccc1CN1CCNCC1(C)C.